The van der Waals surface area contributed by atoms with E-state index in [-0.39, 0.29) is 0 Å². The molecule has 0 spiro atoms. The molecule has 0 aliphatic carbocycles. The predicted octanol–water partition coefficient (Wildman–Crippen LogP) is 3.60. The van der Waals surface area contributed by atoms with Crippen LogP contribution in [-0.2, 0) is 7.05 Å². The van der Waals surface area contributed by atoms with Gasteiger partial charge in [0.05, 0.1) is 23.9 Å². The maximum atomic E-state index is 6.31. The summed E-state index contributed by atoms with van der Waals surface area (Å²) < 4.78 is 7.17. The zero-order chi connectivity index (χ0) is 22.2. The van der Waals surface area contributed by atoms with Crippen molar-refractivity contribution in [2.24, 2.45) is 7.05 Å². The van der Waals surface area contributed by atoms with Crippen LogP contribution in [0, 0.1) is 0 Å². The number of nitrogens with two attached hydrogens (primary N) is 1. The van der Waals surface area contributed by atoms with E-state index in [0.29, 0.717) is 22.4 Å². The molecule has 0 amide bonds. The highest BCUT2D eigenvalue weighted by Crippen LogP contribution is 2.33. The Labute approximate surface area is 191 Å². The molecule has 0 bridgehead atoms. The van der Waals surface area contributed by atoms with Crippen LogP contribution in [0.15, 0.2) is 48.5 Å². The van der Waals surface area contributed by atoms with E-state index in [9.17, 15) is 0 Å². The third-order valence-corrected chi connectivity index (χ3v) is 6.09. The average Bonchev–Trinajstić information content (AvgIpc) is 3.12. The van der Waals surface area contributed by atoms with Crippen molar-refractivity contribution >= 4 is 40.1 Å². The molecule has 3 heterocycles. The van der Waals surface area contributed by atoms with E-state index in [2.05, 4.69) is 21.0 Å². The van der Waals surface area contributed by atoms with Gasteiger partial charge in [0, 0.05) is 43.8 Å². The summed E-state index contributed by atoms with van der Waals surface area (Å²) in [5.74, 6) is 2.07. The Morgan fingerprint density at radius 2 is 1.62 bits per heavy atom. The van der Waals surface area contributed by atoms with Crippen LogP contribution in [0.3, 0.4) is 0 Å². The van der Waals surface area contributed by atoms with E-state index in [1.165, 1.54) is 0 Å². The molecule has 0 atom stereocenters. The Bertz CT molecular complexity index is 1260. The summed E-state index contributed by atoms with van der Waals surface area (Å²) in [7, 11) is 3.52. The first-order chi connectivity index (χ1) is 15.5. The van der Waals surface area contributed by atoms with E-state index in [1.54, 1.807) is 11.8 Å². The van der Waals surface area contributed by atoms with E-state index >= 15 is 0 Å². The minimum atomic E-state index is 0.539. The monoisotopic (exact) mass is 449 g/mol. The fourth-order valence-corrected chi connectivity index (χ4v) is 4.23. The molecule has 1 fully saturated rings. The lowest BCUT2D eigenvalue weighted by Crippen LogP contribution is -2.47. The van der Waals surface area contributed by atoms with Gasteiger partial charge in [-0.2, -0.15) is 10.1 Å². The van der Waals surface area contributed by atoms with Crippen molar-refractivity contribution in [1.29, 1.82) is 0 Å². The quantitative estimate of drug-likeness (QED) is 0.509. The van der Waals surface area contributed by atoms with Crippen molar-refractivity contribution in [2.45, 2.75) is 0 Å². The van der Waals surface area contributed by atoms with Crippen LogP contribution in [0.5, 0.6) is 5.75 Å². The molecule has 8 nitrogen and oxygen atoms in total. The van der Waals surface area contributed by atoms with Gasteiger partial charge >= 0.3 is 0 Å². The number of rotatable bonds is 4. The molecular weight excluding hydrogens is 426 g/mol. The third-order valence-electron chi connectivity index (χ3n) is 5.83. The van der Waals surface area contributed by atoms with Crippen LogP contribution in [0.25, 0.3) is 22.3 Å². The number of hydrogen-bond donors (Lipinski definition) is 1. The van der Waals surface area contributed by atoms with Crippen LogP contribution in [-0.4, -0.2) is 53.0 Å². The van der Waals surface area contributed by atoms with E-state index in [4.69, 9.17) is 32.0 Å². The van der Waals surface area contributed by atoms with Gasteiger partial charge in [-0.25, -0.2) is 4.98 Å². The normalized spacial score (nSPS) is 14.2. The number of methoxy groups -OCH3 is 1. The second-order valence-corrected chi connectivity index (χ2v) is 8.17. The fourth-order valence-electron chi connectivity index (χ4n) is 4.10. The Morgan fingerprint density at radius 1 is 0.938 bits per heavy atom. The Morgan fingerprint density at radius 3 is 2.34 bits per heavy atom. The second kappa shape index (κ2) is 8.20. The van der Waals surface area contributed by atoms with Crippen molar-refractivity contribution in [3.05, 3.63) is 53.6 Å². The lowest BCUT2D eigenvalue weighted by atomic mass is 10.1. The lowest BCUT2D eigenvalue weighted by molar-refractivity contribution is 0.413. The molecule has 0 saturated carbocycles. The van der Waals surface area contributed by atoms with Crippen LogP contribution >= 0.6 is 11.6 Å². The van der Waals surface area contributed by atoms with E-state index in [0.717, 1.165) is 54.3 Å². The highest BCUT2D eigenvalue weighted by atomic mass is 35.5. The summed E-state index contributed by atoms with van der Waals surface area (Å²) in [5.41, 5.74) is 9.69. The first kappa shape index (κ1) is 20.4. The number of ether oxygens (including phenoxy) is 1. The number of aryl methyl sites for hydroxylation is 1. The molecule has 1 aliphatic rings. The number of nitrogen functional groups attached to an aromatic ring is 1. The minimum Gasteiger partial charge on any atom is -0.495 e. The van der Waals surface area contributed by atoms with Crippen LogP contribution in [0.2, 0.25) is 5.02 Å². The molecule has 2 aromatic carbocycles. The summed E-state index contributed by atoms with van der Waals surface area (Å²) in [6.45, 7) is 3.24. The van der Waals surface area contributed by atoms with Crippen molar-refractivity contribution < 1.29 is 4.74 Å². The maximum Gasteiger partial charge on any atom is 0.228 e. The predicted molar refractivity (Wildman–Crippen MR) is 129 cm³/mol. The zero-order valence-electron chi connectivity index (χ0n) is 18.0. The number of nitrogens with zero attached hydrogens (tertiary/aromatic N) is 6. The first-order valence-electron chi connectivity index (χ1n) is 10.4. The van der Waals surface area contributed by atoms with Crippen molar-refractivity contribution in [3.8, 4) is 17.0 Å². The van der Waals surface area contributed by atoms with E-state index < -0.39 is 0 Å². The topological polar surface area (TPSA) is 85.3 Å². The molecular formula is C23H24ClN7O. The highest BCUT2D eigenvalue weighted by molar-refractivity contribution is 6.30. The Kier molecular flexibility index (Phi) is 5.22. The molecule has 32 heavy (non-hydrogen) atoms. The fraction of sp³-hybridized carbons (Fsp3) is 0.261. The molecule has 2 N–H and O–H groups in total. The van der Waals surface area contributed by atoms with Crippen LogP contribution in [0.1, 0.15) is 0 Å². The number of benzene rings is 2. The molecule has 0 unspecified atom stereocenters. The van der Waals surface area contributed by atoms with Gasteiger partial charge in [0.2, 0.25) is 5.95 Å². The molecule has 1 saturated heterocycles. The second-order valence-electron chi connectivity index (χ2n) is 7.73. The highest BCUT2D eigenvalue weighted by Gasteiger charge is 2.24. The summed E-state index contributed by atoms with van der Waals surface area (Å²) in [6, 6.07) is 15.7. The van der Waals surface area contributed by atoms with E-state index in [1.807, 2.05) is 49.5 Å². The lowest BCUT2D eigenvalue weighted by Gasteiger charge is -2.36. The number of hydrogen-bond acceptors (Lipinski definition) is 7. The van der Waals surface area contributed by atoms with Crippen molar-refractivity contribution in [2.75, 3.05) is 48.8 Å². The molecule has 9 heteroatoms. The van der Waals surface area contributed by atoms with Crippen molar-refractivity contribution in [1.82, 2.24) is 19.7 Å². The summed E-state index contributed by atoms with van der Waals surface area (Å²) in [5, 5.41) is 5.95. The van der Waals surface area contributed by atoms with Gasteiger partial charge in [-0.05, 0) is 24.3 Å². The van der Waals surface area contributed by atoms with Crippen LogP contribution in [0.4, 0.5) is 17.5 Å². The molecule has 164 valence electrons. The van der Waals surface area contributed by atoms with Gasteiger partial charge in [-0.3, -0.25) is 4.68 Å². The summed E-state index contributed by atoms with van der Waals surface area (Å²) in [4.78, 5) is 14.2. The number of para-hydroxylation sites is 2. The number of halogens is 1. The molecule has 0 radical (unpaired) electrons. The minimum absolute atomic E-state index is 0.539. The smallest absolute Gasteiger partial charge is 0.228 e. The molecule has 1 aliphatic heterocycles. The van der Waals surface area contributed by atoms with Gasteiger partial charge in [0.1, 0.15) is 11.6 Å². The van der Waals surface area contributed by atoms with Crippen LogP contribution < -0.4 is 20.3 Å². The molecule has 5 rings (SSSR count). The standard InChI is InChI=1S/C23H24ClN7O/c1-29-21(25)19-20(15-7-9-16(24)10-8-15)26-23(27-22(19)28-29)31-13-11-30(12-14-31)17-5-3-4-6-18(17)32-2/h3-10H,11-14,25H2,1-2H3. The number of fused-ring (bicyclic) bond motifs is 1. The van der Waals surface area contributed by atoms with Gasteiger partial charge < -0.3 is 20.3 Å². The average molecular weight is 450 g/mol. The van der Waals surface area contributed by atoms with Crippen molar-refractivity contribution in [3.63, 3.8) is 0 Å². The summed E-state index contributed by atoms with van der Waals surface area (Å²) in [6.07, 6.45) is 0. The van der Waals surface area contributed by atoms with Gasteiger partial charge in [0.25, 0.3) is 0 Å². The zero-order valence-corrected chi connectivity index (χ0v) is 18.8. The molecule has 2 aromatic heterocycles. The molecule has 4 aromatic rings. The first-order valence-corrected chi connectivity index (χ1v) is 10.8. The number of piperazine rings is 1. The van der Waals surface area contributed by atoms with Gasteiger partial charge in [0.15, 0.2) is 5.65 Å². The third kappa shape index (κ3) is 3.56. The Balaban J connectivity index is 1.48. The number of aromatic nitrogens is 4. The SMILES string of the molecule is COc1ccccc1N1CCN(c2nc(-c3ccc(Cl)cc3)c3c(N)n(C)nc3n2)CC1. The van der Waals surface area contributed by atoms with Gasteiger partial charge in [-0.15, -0.1) is 0 Å². The van der Waals surface area contributed by atoms with Gasteiger partial charge in [-0.1, -0.05) is 35.9 Å². The number of anilines is 3. The maximum absolute atomic E-state index is 6.31. The largest absolute Gasteiger partial charge is 0.495 e. The summed E-state index contributed by atoms with van der Waals surface area (Å²) >= 11 is 6.10. The Hall–Kier alpha value is -3.52.